The van der Waals surface area contributed by atoms with E-state index in [9.17, 15) is 4.79 Å². The minimum atomic E-state index is -0.503. The largest absolute Gasteiger partial charge is 0.479 e. The lowest BCUT2D eigenvalue weighted by Crippen LogP contribution is -2.45. The van der Waals surface area contributed by atoms with Gasteiger partial charge in [0, 0.05) is 71.6 Å². The van der Waals surface area contributed by atoms with Crippen molar-refractivity contribution < 1.29 is 9.53 Å². The van der Waals surface area contributed by atoms with Crippen LogP contribution in [0.2, 0.25) is 5.02 Å². The zero-order valence-corrected chi connectivity index (χ0v) is 18.3. The van der Waals surface area contributed by atoms with Gasteiger partial charge in [-0.1, -0.05) is 23.8 Å². The van der Waals surface area contributed by atoms with Crippen LogP contribution in [-0.4, -0.2) is 45.0 Å². The number of H-pyrrole nitrogens is 1. The zero-order chi connectivity index (χ0) is 21.7. The van der Waals surface area contributed by atoms with E-state index >= 15 is 0 Å². The number of piperidine rings is 1. The van der Waals surface area contributed by atoms with Gasteiger partial charge in [0.2, 0.25) is 0 Å². The second-order valence-electron chi connectivity index (χ2n) is 8.68. The summed E-state index contributed by atoms with van der Waals surface area (Å²) < 4.78 is 6.31. The van der Waals surface area contributed by atoms with Crippen LogP contribution in [0, 0.1) is 0 Å². The molecule has 1 aliphatic carbocycles. The van der Waals surface area contributed by atoms with E-state index in [0.29, 0.717) is 17.4 Å². The average Bonchev–Trinajstić information content (AvgIpc) is 3.58. The monoisotopic (exact) mass is 446 g/mol. The summed E-state index contributed by atoms with van der Waals surface area (Å²) in [6, 6.07) is 5.86. The van der Waals surface area contributed by atoms with E-state index in [-0.39, 0.29) is 5.91 Å². The van der Waals surface area contributed by atoms with Crippen molar-refractivity contribution in [1.82, 2.24) is 19.9 Å². The number of amides is 1. The number of hydrogen-bond donors (Lipinski definition) is 1. The molecule has 2 aromatic heterocycles. The third-order valence-electron chi connectivity index (χ3n) is 6.80. The van der Waals surface area contributed by atoms with Crippen LogP contribution < -0.4 is 4.74 Å². The number of fused-ring (bicyclic) bond motifs is 2. The van der Waals surface area contributed by atoms with E-state index < -0.39 is 6.10 Å². The zero-order valence-electron chi connectivity index (χ0n) is 17.6. The highest BCUT2D eigenvalue weighted by atomic mass is 35.5. The summed E-state index contributed by atoms with van der Waals surface area (Å²) in [7, 11) is 0. The van der Waals surface area contributed by atoms with Gasteiger partial charge in [0.25, 0.3) is 5.91 Å². The summed E-state index contributed by atoms with van der Waals surface area (Å²) in [4.78, 5) is 27.1. The molecule has 1 saturated heterocycles. The molecule has 1 aromatic carbocycles. The summed E-state index contributed by atoms with van der Waals surface area (Å²) in [5, 5.41) is 0.656. The quantitative estimate of drug-likeness (QED) is 0.647. The Morgan fingerprint density at radius 3 is 2.91 bits per heavy atom. The maximum absolute atomic E-state index is 13.3. The minimum Gasteiger partial charge on any atom is -0.479 e. The van der Waals surface area contributed by atoms with Gasteiger partial charge in [-0.05, 0) is 36.6 Å². The predicted molar refractivity (Wildman–Crippen MR) is 123 cm³/mol. The van der Waals surface area contributed by atoms with Crippen molar-refractivity contribution in [3.05, 3.63) is 70.5 Å². The number of imidazole rings is 1. The third kappa shape index (κ3) is 3.30. The first-order valence-corrected chi connectivity index (χ1v) is 11.5. The Labute approximate surface area is 191 Å². The molecule has 3 aliphatic rings. The van der Waals surface area contributed by atoms with Crippen molar-refractivity contribution in [3.63, 3.8) is 0 Å². The first kappa shape index (κ1) is 19.6. The number of nitrogens with one attached hydrogen (secondary N) is 1. The van der Waals surface area contributed by atoms with E-state index in [4.69, 9.17) is 16.3 Å². The van der Waals surface area contributed by atoms with Crippen LogP contribution in [0.5, 0.6) is 5.75 Å². The van der Waals surface area contributed by atoms with Gasteiger partial charge in [-0.15, -0.1) is 0 Å². The number of ether oxygens (including phenoxy) is 1. The molecule has 0 bridgehead atoms. The third-order valence-corrected chi connectivity index (χ3v) is 7.01. The first-order valence-electron chi connectivity index (χ1n) is 11.1. The summed E-state index contributed by atoms with van der Waals surface area (Å²) in [5.74, 6) is 1.26. The molecule has 7 heteroatoms. The number of rotatable bonds is 3. The Bertz CT molecular complexity index is 1210. The molecule has 162 valence electrons. The lowest BCUT2D eigenvalue weighted by molar-refractivity contribution is -0.139. The minimum absolute atomic E-state index is 0.0613. The lowest BCUT2D eigenvalue weighted by atomic mass is 9.93. The molecule has 2 aliphatic heterocycles. The Morgan fingerprint density at radius 1 is 1.22 bits per heavy atom. The number of nitrogens with zero attached hydrogens (tertiary/aromatic N) is 3. The van der Waals surface area contributed by atoms with Crippen LogP contribution in [0.15, 0.2) is 43.0 Å². The Morgan fingerprint density at radius 2 is 2.09 bits per heavy atom. The van der Waals surface area contributed by atoms with Crippen molar-refractivity contribution in [1.29, 1.82) is 0 Å². The van der Waals surface area contributed by atoms with Crippen molar-refractivity contribution in [2.24, 2.45) is 0 Å². The molecule has 1 N–H and O–H groups in total. The highest BCUT2D eigenvalue weighted by Gasteiger charge is 2.36. The second-order valence-corrected chi connectivity index (χ2v) is 9.12. The Hall–Kier alpha value is -3.12. The number of pyridine rings is 1. The molecule has 1 unspecified atom stereocenters. The van der Waals surface area contributed by atoms with E-state index in [1.165, 1.54) is 0 Å². The summed E-state index contributed by atoms with van der Waals surface area (Å²) >= 11 is 6.48. The maximum Gasteiger partial charge on any atom is 0.263 e. The smallest absolute Gasteiger partial charge is 0.263 e. The normalized spacial score (nSPS) is 19.7. The van der Waals surface area contributed by atoms with Crippen molar-refractivity contribution >= 4 is 23.6 Å². The predicted octanol–water partition coefficient (Wildman–Crippen LogP) is 4.40. The number of aromatic nitrogens is 3. The molecular weight excluding hydrogens is 424 g/mol. The highest BCUT2D eigenvalue weighted by molar-refractivity contribution is 6.31. The second kappa shape index (κ2) is 7.78. The molecule has 32 heavy (non-hydrogen) atoms. The molecular formula is C25H23ClN4O2. The van der Waals surface area contributed by atoms with Gasteiger partial charge < -0.3 is 14.6 Å². The fourth-order valence-corrected chi connectivity index (χ4v) is 5.40. The van der Waals surface area contributed by atoms with Gasteiger partial charge in [-0.2, -0.15) is 0 Å². The molecule has 4 heterocycles. The number of hydrogen-bond acceptors (Lipinski definition) is 4. The number of benzene rings is 1. The fraction of sp³-hybridized carbons (Fsp3) is 0.320. The molecule has 0 spiro atoms. The molecule has 1 atom stereocenters. The average molecular weight is 447 g/mol. The summed E-state index contributed by atoms with van der Waals surface area (Å²) in [6.07, 6.45) is 12.4. The molecule has 0 saturated carbocycles. The Kier molecular flexibility index (Phi) is 4.76. The number of aromatic amines is 1. The van der Waals surface area contributed by atoms with Crippen LogP contribution in [0.3, 0.4) is 0 Å². The van der Waals surface area contributed by atoms with Gasteiger partial charge in [-0.3, -0.25) is 9.78 Å². The number of carbonyl (C=O) groups is 1. The summed E-state index contributed by atoms with van der Waals surface area (Å²) in [6.45, 7) is 1.46. The molecule has 3 aromatic rings. The molecule has 6 nitrogen and oxygen atoms in total. The van der Waals surface area contributed by atoms with Crippen LogP contribution in [-0.2, 0) is 17.6 Å². The van der Waals surface area contributed by atoms with Gasteiger partial charge in [0.15, 0.2) is 6.10 Å². The van der Waals surface area contributed by atoms with E-state index in [1.54, 1.807) is 6.33 Å². The highest BCUT2D eigenvalue weighted by Crippen LogP contribution is 2.44. The van der Waals surface area contributed by atoms with Gasteiger partial charge in [0.1, 0.15) is 5.75 Å². The standard InChI is InChI=1S/C25H23ClN4O2/c26-17-10-16-11-23(25(31)30-8-5-15(6-9-30)22-13-27-14-29-22)32-24(16)20(12-17)18-4-7-28-21-3-1-2-19(18)21/h1-2,4,7,10,12-15,23H,3,5-6,8-9,11H2,(H,27,29). The van der Waals surface area contributed by atoms with E-state index in [1.807, 2.05) is 35.5 Å². The molecule has 1 amide bonds. The number of likely N-dealkylation sites (tertiary alicyclic amines) is 1. The van der Waals surface area contributed by atoms with Crippen LogP contribution in [0.25, 0.3) is 17.2 Å². The van der Waals surface area contributed by atoms with Gasteiger partial charge in [-0.25, -0.2) is 4.98 Å². The van der Waals surface area contributed by atoms with Crippen molar-refractivity contribution in [2.75, 3.05) is 13.1 Å². The van der Waals surface area contributed by atoms with E-state index in [2.05, 4.69) is 27.1 Å². The number of allylic oxidation sites excluding steroid dienone is 1. The van der Waals surface area contributed by atoms with Crippen molar-refractivity contribution in [3.8, 4) is 16.9 Å². The van der Waals surface area contributed by atoms with Crippen LogP contribution in [0.4, 0.5) is 0 Å². The van der Waals surface area contributed by atoms with E-state index in [0.717, 1.165) is 71.7 Å². The van der Waals surface area contributed by atoms with Gasteiger partial charge in [0.05, 0.1) is 12.0 Å². The molecule has 6 rings (SSSR count). The Balaban J connectivity index is 1.23. The van der Waals surface area contributed by atoms with Crippen molar-refractivity contribution in [2.45, 2.75) is 37.7 Å². The summed E-state index contributed by atoms with van der Waals surface area (Å²) in [5.41, 5.74) is 6.30. The topological polar surface area (TPSA) is 71.1 Å². The maximum atomic E-state index is 13.3. The number of carbonyl (C=O) groups excluding carboxylic acids is 1. The van der Waals surface area contributed by atoms with Gasteiger partial charge >= 0.3 is 0 Å². The molecule has 1 fully saturated rings. The first-order chi connectivity index (χ1) is 15.7. The fourth-order valence-electron chi connectivity index (χ4n) is 5.16. The molecule has 0 radical (unpaired) electrons. The SMILES string of the molecule is O=C(C1Cc2cc(Cl)cc(-c3ccnc4c3C=CC4)c2O1)N1CCC(c2cnc[nH]2)CC1. The lowest BCUT2D eigenvalue weighted by Gasteiger charge is -2.32. The van der Waals surface area contributed by atoms with Crippen LogP contribution >= 0.6 is 11.6 Å². The number of halogens is 1. The van der Waals surface area contributed by atoms with Crippen LogP contribution in [0.1, 0.15) is 41.3 Å².